The monoisotopic (exact) mass is 233 g/mol. The van der Waals surface area contributed by atoms with Crippen molar-refractivity contribution in [2.45, 2.75) is 25.4 Å². The summed E-state index contributed by atoms with van der Waals surface area (Å²) in [5.74, 6) is 1.62. The molecule has 0 aromatic carbocycles. The average Bonchev–Trinajstić information content (AvgIpc) is 3.00. The lowest BCUT2D eigenvalue weighted by atomic mass is 10.3. The molecule has 1 heterocycles. The molecule has 2 rings (SSSR count). The first-order chi connectivity index (χ1) is 8.20. The van der Waals surface area contributed by atoms with Crippen molar-refractivity contribution < 1.29 is 9.90 Å². The summed E-state index contributed by atoms with van der Waals surface area (Å²) in [7, 11) is 0. The Balaban J connectivity index is 2.03. The van der Waals surface area contributed by atoms with Gasteiger partial charge in [-0.1, -0.05) is 5.92 Å². The number of aromatic nitrogens is 2. The van der Waals surface area contributed by atoms with Gasteiger partial charge in [0.2, 0.25) is 0 Å². The van der Waals surface area contributed by atoms with Crippen LogP contribution < -0.4 is 0 Å². The second kappa shape index (κ2) is 5.02. The van der Waals surface area contributed by atoms with Crippen LogP contribution in [0.15, 0.2) is 12.5 Å². The highest BCUT2D eigenvalue weighted by Crippen LogP contribution is 2.35. The summed E-state index contributed by atoms with van der Waals surface area (Å²) in [5, 5.41) is 8.80. The molecular weight excluding hydrogens is 218 g/mol. The molecular formula is C12H15N3O2. The third-order valence-corrected chi connectivity index (χ3v) is 2.75. The van der Waals surface area contributed by atoms with Crippen LogP contribution in [0.1, 0.15) is 24.6 Å². The van der Waals surface area contributed by atoms with Gasteiger partial charge in [0.05, 0.1) is 25.1 Å². The second-order valence-corrected chi connectivity index (χ2v) is 4.27. The number of terminal acetylenes is 1. The van der Waals surface area contributed by atoms with E-state index >= 15 is 0 Å². The van der Waals surface area contributed by atoms with Gasteiger partial charge in [0.15, 0.2) is 0 Å². The molecule has 0 bridgehead atoms. The lowest BCUT2D eigenvalue weighted by Gasteiger charge is -2.18. The Labute approximate surface area is 100 Å². The molecule has 1 N–H and O–H groups in total. The number of carboxylic acids is 1. The third-order valence-electron chi connectivity index (χ3n) is 2.75. The fraction of sp³-hybridized carbons (Fsp3) is 0.500. The van der Waals surface area contributed by atoms with Crippen LogP contribution in [0, 0.1) is 12.3 Å². The molecule has 1 fully saturated rings. The van der Waals surface area contributed by atoms with Crippen molar-refractivity contribution in [2.24, 2.45) is 0 Å². The fourth-order valence-electron chi connectivity index (χ4n) is 1.85. The lowest BCUT2D eigenvalue weighted by Crippen LogP contribution is -2.30. The summed E-state index contributed by atoms with van der Waals surface area (Å²) in [6.07, 6.45) is 11.2. The zero-order chi connectivity index (χ0) is 12.3. The maximum absolute atomic E-state index is 10.7. The van der Waals surface area contributed by atoms with Crippen molar-refractivity contribution in [3.05, 3.63) is 18.2 Å². The van der Waals surface area contributed by atoms with Crippen LogP contribution in [0.5, 0.6) is 0 Å². The maximum atomic E-state index is 10.7. The molecule has 5 nitrogen and oxygen atoms in total. The Hall–Kier alpha value is -1.80. The average molecular weight is 233 g/mol. The van der Waals surface area contributed by atoms with E-state index < -0.39 is 5.97 Å². The minimum absolute atomic E-state index is 0.0416. The summed E-state index contributed by atoms with van der Waals surface area (Å²) in [4.78, 5) is 16.5. The van der Waals surface area contributed by atoms with E-state index in [1.807, 2.05) is 6.33 Å². The molecule has 0 atom stereocenters. The standard InChI is InChI=1S/C12H15N3O2/c1-2-5-14(8-12(16)17)7-11-6-13-9-15(11)10-3-4-10/h1,6,9-10H,3-5,7-8H2,(H,16,17). The van der Waals surface area contributed by atoms with E-state index in [-0.39, 0.29) is 6.54 Å². The van der Waals surface area contributed by atoms with E-state index in [1.165, 1.54) is 12.8 Å². The fourth-order valence-corrected chi connectivity index (χ4v) is 1.85. The van der Waals surface area contributed by atoms with Gasteiger partial charge in [-0.25, -0.2) is 4.98 Å². The molecule has 0 unspecified atom stereocenters. The molecule has 0 amide bonds. The predicted molar refractivity (Wildman–Crippen MR) is 62.2 cm³/mol. The molecule has 0 saturated heterocycles. The van der Waals surface area contributed by atoms with Crippen molar-refractivity contribution >= 4 is 5.97 Å². The van der Waals surface area contributed by atoms with Crippen LogP contribution >= 0.6 is 0 Å². The van der Waals surface area contributed by atoms with Crippen LogP contribution in [-0.2, 0) is 11.3 Å². The van der Waals surface area contributed by atoms with Crippen LogP contribution in [0.4, 0.5) is 0 Å². The summed E-state index contributed by atoms with van der Waals surface area (Å²) >= 11 is 0. The number of carbonyl (C=O) groups is 1. The Morgan fingerprint density at radius 2 is 2.47 bits per heavy atom. The van der Waals surface area contributed by atoms with Crippen molar-refractivity contribution in [1.29, 1.82) is 0 Å². The zero-order valence-corrected chi connectivity index (χ0v) is 9.54. The number of hydrogen-bond donors (Lipinski definition) is 1. The van der Waals surface area contributed by atoms with Gasteiger partial charge < -0.3 is 9.67 Å². The second-order valence-electron chi connectivity index (χ2n) is 4.27. The number of aliphatic carboxylic acids is 1. The van der Waals surface area contributed by atoms with Gasteiger partial charge in [0.1, 0.15) is 0 Å². The molecule has 1 saturated carbocycles. The minimum atomic E-state index is -0.863. The molecule has 0 aliphatic heterocycles. The molecule has 5 heteroatoms. The number of nitrogens with zero attached hydrogens (tertiary/aromatic N) is 3. The van der Waals surface area contributed by atoms with Gasteiger partial charge in [0, 0.05) is 18.8 Å². The van der Waals surface area contributed by atoms with Crippen molar-refractivity contribution in [3.8, 4) is 12.3 Å². The molecule has 1 aliphatic carbocycles. The van der Waals surface area contributed by atoms with E-state index in [1.54, 1.807) is 11.1 Å². The predicted octanol–water partition coefficient (Wildman–Crippen LogP) is 0.738. The number of carboxylic acid groups (broad SMARTS) is 1. The molecule has 1 aliphatic rings. The lowest BCUT2D eigenvalue weighted by molar-refractivity contribution is -0.138. The quantitative estimate of drug-likeness (QED) is 0.736. The first kappa shape index (κ1) is 11.7. The van der Waals surface area contributed by atoms with Gasteiger partial charge in [-0.2, -0.15) is 0 Å². The third kappa shape index (κ3) is 3.08. The molecule has 0 radical (unpaired) electrons. The number of rotatable bonds is 6. The van der Waals surface area contributed by atoms with Crippen LogP contribution in [0.2, 0.25) is 0 Å². The summed E-state index contributed by atoms with van der Waals surface area (Å²) in [6, 6.07) is 0.546. The van der Waals surface area contributed by atoms with Crippen molar-refractivity contribution in [1.82, 2.24) is 14.5 Å². The van der Waals surface area contributed by atoms with Crippen LogP contribution in [0.3, 0.4) is 0 Å². The smallest absolute Gasteiger partial charge is 0.317 e. The highest BCUT2D eigenvalue weighted by atomic mass is 16.4. The topological polar surface area (TPSA) is 58.4 Å². The summed E-state index contributed by atoms with van der Waals surface area (Å²) in [5.41, 5.74) is 1.03. The summed E-state index contributed by atoms with van der Waals surface area (Å²) in [6.45, 7) is 0.829. The van der Waals surface area contributed by atoms with E-state index in [9.17, 15) is 4.79 Å². The number of imidazole rings is 1. The minimum Gasteiger partial charge on any atom is -0.480 e. The normalized spacial score (nSPS) is 14.8. The Morgan fingerprint density at radius 3 is 3.06 bits per heavy atom. The number of hydrogen-bond acceptors (Lipinski definition) is 3. The first-order valence-corrected chi connectivity index (χ1v) is 5.59. The first-order valence-electron chi connectivity index (χ1n) is 5.59. The van der Waals surface area contributed by atoms with Gasteiger partial charge in [-0.15, -0.1) is 6.42 Å². The Bertz CT molecular complexity index is 443. The molecule has 0 spiro atoms. The van der Waals surface area contributed by atoms with Crippen molar-refractivity contribution in [2.75, 3.05) is 13.1 Å². The van der Waals surface area contributed by atoms with Crippen LogP contribution in [0.25, 0.3) is 0 Å². The summed E-state index contributed by atoms with van der Waals surface area (Å²) < 4.78 is 2.12. The molecule has 17 heavy (non-hydrogen) atoms. The zero-order valence-electron chi connectivity index (χ0n) is 9.54. The van der Waals surface area contributed by atoms with Crippen LogP contribution in [-0.4, -0.2) is 38.6 Å². The largest absolute Gasteiger partial charge is 0.480 e. The van der Waals surface area contributed by atoms with E-state index in [4.69, 9.17) is 11.5 Å². The van der Waals surface area contributed by atoms with E-state index in [0.29, 0.717) is 19.1 Å². The van der Waals surface area contributed by atoms with Crippen molar-refractivity contribution in [3.63, 3.8) is 0 Å². The maximum Gasteiger partial charge on any atom is 0.317 e. The highest BCUT2D eigenvalue weighted by Gasteiger charge is 2.25. The van der Waals surface area contributed by atoms with E-state index in [2.05, 4.69) is 15.5 Å². The van der Waals surface area contributed by atoms with E-state index in [0.717, 1.165) is 5.69 Å². The SMILES string of the molecule is C#CCN(CC(=O)O)Cc1cncn1C1CC1. The molecule has 90 valence electrons. The van der Waals surface area contributed by atoms with Gasteiger partial charge in [-0.3, -0.25) is 9.69 Å². The molecule has 1 aromatic heterocycles. The Morgan fingerprint density at radius 1 is 1.71 bits per heavy atom. The van der Waals surface area contributed by atoms with Gasteiger partial charge in [0.25, 0.3) is 0 Å². The molecule has 1 aromatic rings. The van der Waals surface area contributed by atoms with Gasteiger partial charge in [-0.05, 0) is 12.8 Å². The Kier molecular flexibility index (Phi) is 3.45. The van der Waals surface area contributed by atoms with Gasteiger partial charge >= 0.3 is 5.97 Å². The highest BCUT2D eigenvalue weighted by molar-refractivity contribution is 5.69.